The first-order valence-corrected chi connectivity index (χ1v) is 0.365. The van der Waals surface area contributed by atoms with E-state index in [4.69, 9.17) is 10.1 Å². The van der Waals surface area contributed by atoms with Crippen molar-refractivity contribution in [2.75, 3.05) is 0 Å². The van der Waals surface area contributed by atoms with Crippen molar-refractivity contribution >= 4 is 8.41 Å². The van der Waals surface area contributed by atoms with Crippen LogP contribution in [-0.4, -0.2) is 8.41 Å². The number of nitrogens with zero attached hydrogens (tertiary/aromatic N) is 1. The molecule has 0 aromatic carbocycles. The molecule has 0 aliphatic rings. The van der Waals surface area contributed by atoms with Gasteiger partial charge in [0.1, 0.15) is 0 Å². The van der Waals surface area contributed by atoms with Gasteiger partial charge in [0.05, 0.1) is 8.41 Å². The van der Waals surface area contributed by atoms with Crippen LogP contribution in [0.5, 0.6) is 0 Å². The van der Waals surface area contributed by atoms with Gasteiger partial charge in [0.2, 0.25) is 0 Å². The van der Waals surface area contributed by atoms with E-state index in [-0.39, 0.29) is 38.0 Å². The topological polar surface area (TPSA) is 52.5 Å². The molecule has 0 bridgehead atoms. The normalized spacial score (nSPS) is 2.40. The third-order valence-corrected chi connectivity index (χ3v) is 0. The molecule has 5 heavy (non-hydrogen) atoms. The summed E-state index contributed by atoms with van der Waals surface area (Å²) >= 11 is 0. The van der Waals surface area contributed by atoms with E-state index in [1.54, 1.807) is 0 Å². The molecule has 0 aliphatic carbocycles. The zero-order valence-electron chi connectivity index (χ0n) is 2.26. The van der Waals surface area contributed by atoms with Crippen molar-refractivity contribution in [2.24, 2.45) is 5.34 Å². The second-order valence-corrected chi connectivity index (χ2v) is 0.0745. The maximum atomic E-state index is 8.00. The maximum absolute atomic E-state index is 8.00. The molecule has 0 aromatic heterocycles. The third kappa shape index (κ3) is 125. The summed E-state index contributed by atoms with van der Waals surface area (Å²) in [6.45, 7) is 0. The molecular formula is H3BNNaO2. The van der Waals surface area contributed by atoms with Crippen LogP contribution in [0.2, 0.25) is 0 Å². The molecule has 24 valence electrons. The van der Waals surface area contributed by atoms with Crippen LogP contribution in [-0.2, 0) is 0 Å². The van der Waals surface area contributed by atoms with Crippen molar-refractivity contribution in [3.8, 4) is 0 Å². The molecule has 0 aliphatic heterocycles. The Hall–Kier alpha value is 0.465. The second-order valence-electron chi connectivity index (χ2n) is 0.0745. The van der Waals surface area contributed by atoms with Crippen molar-refractivity contribution in [2.45, 2.75) is 0 Å². The molecule has 0 saturated carbocycles. The second kappa shape index (κ2) is 25.0. The Morgan fingerprint density at radius 2 is 1.60 bits per heavy atom. The Balaban J connectivity index is -0.0000000200. The van der Waals surface area contributed by atoms with Crippen LogP contribution in [0, 0.1) is 10.1 Å². The summed E-state index contributed by atoms with van der Waals surface area (Å²) < 4.78 is 0. The van der Waals surface area contributed by atoms with E-state index in [0.717, 1.165) is 5.34 Å². The largest absolute Gasteiger partial charge is 1.00 e. The van der Waals surface area contributed by atoms with Gasteiger partial charge < -0.3 is 10.1 Å². The Labute approximate surface area is 53.6 Å². The van der Waals surface area contributed by atoms with E-state index < -0.39 is 0 Å². The van der Waals surface area contributed by atoms with Gasteiger partial charge in [-0.05, 0) is 0 Å². The summed E-state index contributed by atoms with van der Waals surface area (Å²) in [4.78, 5) is 8.00. The molecule has 0 heterocycles. The number of rotatable bonds is 0. The minimum Gasteiger partial charge on any atom is -0.444 e. The summed E-state index contributed by atoms with van der Waals surface area (Å²) in [5, 5.41) is 9.00. The minimum atomic E-state index is 0. The number of hydrogen-bond donors (Lipinski definition) is 0. The van der Waals surface area contributed by atoms with Crippen molar-refractivity contribution in [1.29, 1.82) is 0 Å². The van der Waals surface area contributed by atoms with E-state index >= 15 is 0 Å². The molecule has 0 amide bonds. The van der Waals surface area contributed by atoms with Crippen LogP contribution >= 0.6 is 0 Å². The van der Waals surface area contributed by atoms with Crippen molar-refractivity contribution in [3.63, 3.8) is 0 Å². The Morgan fingerprint density at radius 1 is 1.60 bits per heavy atom. The fraction of sp³-hybridized carbons (Fsp3) is 0. The van der Waals surface area contributed by atoms with E-state index in [9.17, 15) is 0 Å². The van der Waals surface area contributed by atoms with Gasteiger partial charge >= 0.3 is 29.6 Å². The molecular weight excluding hydrogens is 79.8 g/mol. The van der Waals surface area contributed by atoms with Crippen LogP contribution in [0.15, 0.2) is 5.34 Å². The van der Waals surface area contributed by atoms with Crippen molar-refractivity contribution in [1.82, 2.24) is 0 Å². The van der Waals surface area contributed by atoms with Crippen LogP contribution in [0.3, 0.4) is 0 Å². The molecule has 5 heteroatoms. The predicted molar refractivity (Wildman–Crippen MR) is 19.1 cm³/mol. The molecule has 0 N–H and O–H groups in total. The van der Waals surface area contributed by atoms with Crippen LogP contribution in [0.1, 0.15) is 0 Å². The van der Waals surface area contributed by atoms with Gasteiger partial charge in [0, 0.05) is 0 Å². The molecule has 0 rings (SSSR count). The van der Waals surface area contributed by atoms with Crippen LogP contribution < -0.4 is 29.6 Å². The monoisotopic (exact) mass is 83.0 g/mol. The molecule has 3 nitrogen and oxygen atoms in total. The van der Waals surface area contributed by atoms with Crippen molar-refractivity contribution < 1.29 is 29.6 Å². The molecule has 0 atom stereocenters. The zero-order valence-corrected chi connectivity index (χ0v) is 4.26. The smallest absolute Gasteiger partial charge is 0.444 e. The first-order chi connectivity index (χ1) is 1.41. The summed E-state index contributed by atoms with van der Waals surface area (Å²) in [6, 6.07) is 0. The standard InChI is InChI=1S/BH3.HNO2.Na/c;2-1-3;/h1H3;(H,2,3);/q;;+1/p-1. The molecule has 0 aromatic rings. The summed E-state index contributed by atoms with van der Waals surface area (Å²) in [7, 11) is 0. The Kier molecular flexibility index (Phi) is 89.6. The van der Waals surface area contributed by atoms with E-state index in [1.165, 1.54) is 0 Å². The quantitative estimate of drug-likeness (QED) is 0.170. The fourth-order valence-electron chi connectivity index (χ4n) is 0. The number of hydrogen-bond acceptors (Lipinski definition) is 3. The first kappa shape index (κ1) is 17.9. The summed E-state index contributed by atoms with van der Waals surface area (Å²) in [5.74, 6) is 0. The zero-order chi connectivity index (χ0) is 2.71. The van der Waals surface area contributed by atoms with Gasteiger partial charge in [-0.2, -0.15) is 0 Å². The predicted octanol–water partition coefficient (Wildman–Crippen LogP) is -3.93. The molecule has 0 spiro atoms. The van der Waals surface area contributed by atoms with Gasteiger partial charge in [0.25, 0.3) is 0 Å². The molecule has 0 saturated heterocycles. The molecule has 0 fully saturated rings. The van der Waals surface area contributed by atoms with E-state index in [2.05, 4.69) is 0 Å². The van der Waals surface area contributed by atoms with E-state index in [0.29, 0.717) is 0 Å². The first-order valence-electron chi connectivity index (χ1n) is 0.365. The van der Waals surface area contributed by atoms with Gasteiger partial charge in [-0.1, -0.05) is 0 Å². The Bertz CT molecular complexity index is 17.1. The van der Waals surface area contributed by atoms with Crippen molar-refractivity contribution in [3.05, 3.63) is 10.1 Å². The Morgan fingerprint density at radius 3 is 1.60 bits per heavy atom. The minimum absolute atomic E-state index is 0. The average Bonchev–Trinajstić information content (AvgIpc) is 0.918. The van der Waals surface area contributed by atoms with Gasteiger partial charge in [-0.25, -0.2) is 0 Å². The van der Waals surface area contributed by atoms with Crippen LogP contribution in [0.4, 0.5) is 0 Å². The molecule has 0 unspecified atom stereocenters. The van der Waals surface area contributed by atoms with E-state index in [1.807, 2.05) is 0 Å². The fourth-order valence-corrected chi connectivity index (χ4v) is 0. The SMILES string of the molecule is B.O=N[O-].[Na+]. The summed E-state index contributed by atoms with van der Waals surface area (Å²) in [5.41, 5.74) is 0. The van der Waals surface area contributed by atoms with Crippen LogP contribution in [0.25, 0.3) is 0 Å². The maximum Gasteiger partial charge on any atom is 1.00 e. The van der Waals surface area contributed by atoms with Gasteiger partial charge in [-0.15, -0.1) is 5.34 Å². The third-order valence-electron chi connectivity index (χ3n) is 0. The molecule has 0 radical (unpaired) electrons. The summed E-state index contributed by atoms with van der Waals surface area (Å²) in [6.07, 6.45) is 0. The van der Waals surface area contributed by atoms with Gasteiger partial charge in [0.15, 0.2) is 0 Å². The average molecular weight is 82.8 g/mol. The van der Waals surface area contributed by atoms with Gasteiger partial charge in [-0.3, -0.25) is 0 Å².